The van der Waals surface area contributed by atoms with Crippen LogP contribution < -0.4 is 4.74 Å². The Morgan fingerprint density at radius 2 is 1.34 bits per heavy atom. The van der Waals surface area contributed by atoms with Crippen molar-refractivity contribution in [3.05, 3.63) is 77.4 Å². The summed E-state index contributed by atoms with van der Waals surface area (Å²) in [5, 5.41) is 9.74. The van der Waals surface area contributed by atoms with Gasteiger partial charge in [0.2, 0.25) is 5.82 Å². The van der Waals surface area contributed by atoms with Crippen LogP contribution in [0.2, 0.25) is 0 Å². The van der Waals surface area contributed by atoms with E-state index in [1.807, 2.05) is 12.1 Å². The molecule has 204 valence electrons. The Morgan fingerprint density at radius 3 is 2.00 bits per heavy atom. The lowest BCUT2D eigenvalue weighted by Crippen LogP contribution is -2.04. The number of halogens is 2. The molecule has 0 aliphatic heterocycles. The van der Waals surface area contributed by atoms with E-state index in [2.05, 4.69) is 26.0 Å². The van der Waals surface area contributed by atoms with Crippen LogP contribution >= 0.6 is 0 Å². The van der Waals surface area contributed by atoms with E-state index >= 15 is 4.39 Å². The first kappa shape index (κ1) is 29.3. The zero-order chi connectivity index (χ0) is 27.3. The Labute approximate surface area is 225 Å². The smallest absolute Gasteiger partial charge is 0.336 e. The van der Waals surface area contributed by atoms with Crippen LogP contribution in [0.25, 0.3) is 22.3 Å². The maximum Gasteiger partial charge on any atom is 0.336 e. The molecule has 0 unspecified atom stereocenters. The van der Waals surface area contributed by atoms with Crippen molar-refractivity contribution in [2.24, 2.45) is 0 Å². The van der Waals surface area contributed by atoms with Gasteiger partial charge < -0.3 is 9.84 Å². The van der Waals surface area contributed by atoms with Crippen molar-refractivity contribution >= 4 is 5.97 Å². The van der Waals surface area contributed by atoms with Crippen molar-refractivity contribution in [3.8, 4) is 28.0 Å². The number of hydrogen-bond donors (Lipinski definition) is 1. The van der Waals surface area contributed by atoms with Gasteiger partial charge in [-0.1, -0.05) is 95.5 Å². The van der Waals surface area contributed by atoms with Gasteiger partial charge in [-0.2, -0.15) is 4.39 Å². The number of ether oxygens (including phenoxy) is 1. The number of aryl methyl sites for hydroxylation is 1. The van der Waals surface area contributed by atoms with Gasteiger partial charge in [-0.15, -0.1) is 0 Å². The molecule has 0 aliphatic rings. The van der Waals surface area contributed by atoms with Crippen LogP contribution in [0.5, 0.6) is 5.75 Å². The molecular formula is C33H40F2O3. The van der Waals surface area contributed by atoms with Crippen molar-refractivity contribution in [2.45, 2.75) is 84.5 Å². The highest BCUT2D eigenvalue weighted by molar-refractivity contribution is 5.97. The van der Waals surface area contributed by atoms with E-state index in [1.54, 1.807) is 12.1 Å². The van der Waals surface area contributed by atoms with Gasteiger partial charge in [0.25, 0.3) is 0 Å². The van der Waals surface area contributed by atoms with Crippen LogP contribution in [0.3, 0.4) is 0 Å². The number of hydrogen-bond acceptors (Lipinski definition) is 2. The van der Waals surface area contributed by atoms with Crippen molar-refractivity contribution in [3.63, 3.8) is 0 Å². The Balaban J connectivity index is 1.79. The topological polar surface area (TPSA) is 46.5 Å². The second kappa shape index (κ2) is 15.3. The highest BCUT2D eigenvalue weighted by Crippen LogP contribution is 2.35. The van der Waals surface area contributed by atoms with Gasteiger partial charge in [0, 0.05) is 5.56 Å². The van der Waals surface area contributed by atoms with Crippen molar-refractivity contribution in [1.82, 2.24) is 0 Å². The molecule has 0 atom stereocenters. The second-order valence-corrected chi connectivity index (χ2v) is 9.93. The highest BCUT2D eigenvalue weighted by Gasteiger charge is 2.21. The monoisotopic (exact) mass is 522 g/mol. The molecule has 0 bridgehead atoms. The third-order valence-electron chi connectivity index (χ3n) is 6.95. The first-order chi connectivity index (χ1) is 18.5. The Kier molecular flexibility index (Phi) is 11.8. The van der Waals surface area contributed by atoms with E-state index in [9.17, 15) is 14.3 Å². The summed E-state index contributed by atoms with van der Waals surface area (Å²) < 4.78 is 35.6. The molecule has 3 aromatic rings. The Morgan fingerprint density at radius 1 is 0.711 bits per heavy atom. The van der Waals surface area contributed by atoms with Crippen LogP contribution in [-0.4, -0.2) is 17.7 Å². The fraction of sp³-hybridized carbons (Fsp3) is 0.424. The predicted octanol–water partition coefficient (Wildman–Crippen LogP) is 9.86. The van der Waals surface area contributed by atoms with Crippen molar-refractivity contribution < 1.29 is 23.4 Å². The molecule has 0 spiro atoms. The molecule has 0 aromatic heterocycles. The van der Waals surface area contributed by atoms with Gasteiger partial charge in [0.15, 0.2) is 11.6 Å². The quantitative estimate of drug-likeness (QED) is 0.190. The molecule has 0 saturated heterocycles. The molecule has 0 heterocycles. The summed E-state index contributed by atoms with van der Waals surface area (Å²) in [6.45, 7) is 4.65. The largest absolute Gasteiger partial charge is 0.490 e. The maximum absolute atomic E-state index is 15.2. The molecule has 0 aliphatic carbocycles. The normalized spacial score (nSPS) is 11.1. The first-order valence-electron chi connectivity index (χ1n) is 14.0. The third kappa shape index (κ3) is 8.14. The minimum absolute atomic E-state index is 0.0830. The molecule has 0 radical (unpaired) electrons. The summed E-state index contributed by atoms with van der Waals surface area (Å²) in [5.74, 6) is -3.55. The summed E-state index contributed by atoms with van der Waals surface area (Å²) in [7, 11) is 0. The summed E-state index contributed by atoms with van der Waals surface area (Å²) in [6, 6.07) is 15.7. The molecule has 0 fully saturated rings. The second-order valence-electron chi connectivity index (χ2n) is 9.93. The summed E-state index contributed by atoms with van der Waals surface area (Å²) in [5.41, 5.74) is 2.84. The number of aromatic carboxylic acids is 1. The minimum Gasteiger partial charge on any atom is -0.490 e. The molecule has 38 heavy (non-hydrogen) atoms. The summed E-state index contributed by atoms with van der Waals surface area (Å²) in [4.78, 5) is 11.9. The van der Waals surface area contributed by atoms with Crippen LogP contribution in [0, 0.1) is 11.6 Å². The number of benzene rings is 3. The average Bonchev–Trinajstić information content (AvgIpc) is 2.93. The molecular weight excluding hydrogens is 482 g/mol. The SMILES string of the molecule is CCCCCCCOc1ccc(-c2cc(-c3ccc(CCCCCCC)cc3)ccc2C(=O)O)c(F)c1F. The van der Waals surface area contributed by atoms with Gasteiger partial charge in [-0.25, -0.2) is 9.18 Å². The van der Waals surface area contributed by atoms with Gasteiger partial charge in [0.05, 0.1) is 12.2 Å². The Bertz CT molecular complexity index is 1170. The molecule has 3 aromatic carbocycles. The molecule has 3 nitrogen and oxygen atoms in total. The fourth-order valence-corrected chi connectivity index (χ4v) is 4.67. The van der Waals surface area contributed by atoms with E-state index in [1.165, 1.54) is 49.4 Å². The first-order valence-corrected chi connectivity index (χ1v) is 14.0. The summed E-state index contributed by atoms with van der Waals surface area (Å²) in [6.07, 6.45) is 12.3. The molecule has 0 saturated carbocycles. The van der Waals surface area contributed by atoms with Gasteiger partial charge in [-0.05, 0) is 65.8 Å². The number of unbranched alkanes of at least 4 members (excludes halogenated alkanes) is 8. The van der Waals surface area contributed by atoms with Gasteiger partial charge in [0.1, 0.15) is 0 Å². The van der Waals surface area contributed by atoms with E-state index < -0.39 is 17.6 Å². The van der Waals surface area contributed by atoms with Crippen molar-refractivity contribution in [1.29, 1.82) is 0 Å². The number of carboxylic acid groups (broad SMARTS) is 1. The van der Waals surface area contributed by atoms with Crippen LogP contribution in [0.4, 0.5) is 8.78 Å². The van der Waals surface area contributed by atoms with Gasteiger partial charge >= 0.3 is 5.97 Å². The fourth-order valence-electron chi connectivity index (χ4n) is 4.67. The van der Waals surface area contributed by atoms with Crippen LogP contribution in [0.1, 0.15) is 94.0 Å². The molecule has 0 amide bonds. The van der Waals surface area contributed by atoms with E-state index in [0.717, 1.165) is 56.1 Å². The minimum atomic E-state index is -1.20. The Hall–Kier alpha value is -3.21. The zero-order valence-electron chi connectivity index (χ0n) is 22.7. The van der Waals surface area contributed by atoms with E-state index in [0.29, 0.717) is 6.61 Å². The maximum atomic E-state index is 15.2. The van der Waals surface area contributed by atoms with E-state index in [4.69, 9.17) is 4.74 Å². The number of rotatable bonds is 16. The molecule has 5 heteroatoms. The lowest BCUT2D eigenvalue weighted by atomic mass is 9.93. The van der Waals surface area contributed by atoms with Crippen molar-refractivity contribution in [2.75, 3.05) is 6.61 Å². The predicted molar refractivity (Wildman–Crippen MR) is 151 cm³/mol. The summed E-state index contributed by atoms with van der Waals surface area (Å²) >= 11 is 0. The van der Waals surface area contributed by atoms with Gasteiger partial charge in [-0.3, -0.25) is 0 Å². The van der Waals surface area contributed by atoms with Crippen LogP contribution in [-0.2, 0) is 6.42 Å². The molecule has 3 rings (SSSR count). The standard InChI is InChI=1S/C33H40F2O3/c1-3-5-7-9-11-13-24-14-16-25(17-15-24)26-18-19-28(33(36)37)29(23-26)27-20-21-30(32(35)31(27)34)38-22-12-10-8-6-4-2/h14-21,23H,3-13,22H2,1-2H3,(H,36,37). The average molecular weight is 523 g/mol. The number of carboxylic acids is 1. The van der Waals surface area contributed by atoms with Crippen LogP contribution in [0.15, 0.2) is 54.6 Å². The zero-order valence-corrected chi connectivity index (χ0v) is 22.7. The molecule has 1 N–H and O–H groups in total. The lowest BCUT2D eigenvalue weighted by Gasteiger charge is -2.14. The third-order valence-corrected chi connectivity index (χ3v) is 6.95. The lowest BCUT2D eigenvalue weighted by molar-refractivity contribution is 0.0697. The van der Waals surface area contributed by atoms with E-state index in [-0.39, 0.29) is 22.4 Å². The number of carbonyl (C=O) groups is 1. The highest BCUT2D eigenvalue weighted by atomic mass is 19.2.